The Balaban J connectivity index is 2.67. The molecule has 0 spiro atoms. The molecule has 2 heterocycles. The van der Waals surface area contributed by atoms with Crippen molar-refractivity contribution in [1.29, 1.82) is 0 Å². The summed E-state index contributed by atoms with van der Waals surface area (Å²) in [5.74, 6) is 0. The van der Waals surface area contributed by atoms with E-state index in [2.05, 4.69) is 22.3 Å². The van der Waals surface area contributed by atoms with Crippen molar-refractivity contribution in [2.45, 2.75) is 13.3 Å². The van der Waals surface area contributed by atoms with Crippen molar-refractivity contribution in [2.75, 3.05) is 0 Å². The van der Waals surface area contributed by atoms with Gasteiger partial charge in [-0.15, -0.1) is 5.10 Å². The quantitative estimate of drug-likeness (QED) is 0.610. The number of aryl methyl sites for hydroxylation is 1. The van der Waals surface area contributed by atoms with Gasteiger partial charge in [0, 0.05) is 11.5 Å². The largest absolute Gasteiger partial charge is 0.316 e. The molecule has 0 saturated heterocycles. The number of nitrogens with zero attached hydrogens (tertiary/aromatic N) is 3. The first-order valence-corrected chi connectivity index (χ1v) is 3.47. The summed E-state index contributed by atoms with van der Waals surface area (Å²) in [6.45, 7) is 2.07. The number of rotatable bonds is 1. The average Bonchev–Trinajstić information content (AvgIpc) is 2.50. The second kappa shape index (κ2) is 2.30. The first kappa shape index (κ1) is 6.27. The van der Waals surface area contributed by atoms with Crippen molar-refractivity contribution in [2.24, 2.45) is 0 Å². The maximum atomic E-state index is 4.75. The van der Waals surface area contributed by atoms with Crippen LogP contribution in [0.5, 0.6) is 0 Å². The number of fused-ring (bicyclic) bond motifs is 1. The molecule has 0 aliphatic carbocycles. The van der Waals surface area contributed by atoms with Crippen LogP contribution in [0.2, 0.25) is 0 Å². The van der Waals surface area contributed by atoms with Gasteiger partial charge in [-0.25, -0.2) is 4.98 Å². The predicted molar refractivity (Wildman–Crippen MR) is 39.0 cm³/mol. The van der Waals surface area contributed by atoms with Gasteiger partial charge in [-0.05, 0) is 18.1 Å². The van der Waals surface area contributed by atoms with Gasteiger partial charge in [0.05, 0.1) is 0 Å². The topological polar surface area (TPSA) is 51.8 Å². The normalized spacial score (nSPS) is 10.6. The van der Waals surface area contributed by atoms with E-state index in [4.69, 9.17) is 4.52 Å². The molecule has 11 heavy (non-hydrogen) atoms. The van der Waals surface area contributed by atoms with Gasteiger partial charge in [-0.3, -0.25) is 0 Å². The van der Waals surface area contributed by atoms with Crippen LogP contribution in [0.1, 0.15) is 12.5 Å². The molecule has 2 aromatic heterocycles. The molecule has 2 rings (SSSR count). The second-order valence-corrected chi connectivity index (χ2v) is 2.29. The number of hydrogen-bond donors (Lipinski definition) is 0. The molecule has 0 aliphatic rings. The lowest BCUT2D eigenvalue weighted by molar-refractivity contribution is 0.417. The second-order valence-electron chi connectivity index (χ2n) is 2.29. The van der Waals surface area contributed by atoms with Gasteiger partial charge in [-0.2, -0.15) is 0 Å². The van der Waals surface area contributed by atoms with E-state index in [9.17, 15) is 0 Å². The van der Waals surface area contributed by atoms with E-state index >= 15 is 0 Å². The third-order valence-corrected chi connectivity index (χ3v) is 1.57. The average molecular weight is 149 g/mol. The molecule has 0 amide bonds. The van der Waals surface area contributed by atoms with Crippen molar-refractivity contribution in [3.8, 4) is 0 Å². The number of pyridine rings is 1. The summed E-state index contributed by atoms with van der Waals surface area (Å²) in [6.07, 6.45) is 2.73. The van der Waals surface area contributed by atoms with Crippen LogP contribution >= 0.6 is 0 Å². The van der Waals surface area contributed by atoms with E-state index in [1.54, 1.807) is 6.20 Å². The van der Waals surface area contributed by atoms with Crippen molar-refractivity contribution < 1.29 is 4.52 Å². The fourth-order valence-corrected chi connectivity index (χ4v) is 0.921. The van der Waals surface area contributed by atoms with Gasteiger partial charge in [0.1, 0.15) is 0 Å². The fraction of sp³-hybridized carbons (Fsp3) is 0.286. The van der Waals surface area contributed by atoms with Gasteiger partial charge in [0.15, 0.2) is 5.52 Å². The molecule has 2 aromatic rings. The molecule has 0 fully saturated rings. The molecule has 0 aliphatic heterocycles. The van der Waals surface area contributed by atoms with Crippen LogP contribution in [0.15, 0.2) is 16.8 Å². The number of hydrogen-bond acceptors (Lipinski definition) is 4. The Morgan fingerprint density at radius 1 is 1.55 bits per heavy atom. The van der Waals surface area contributed by atoms with Crippen molar-refractivity contribution in [1.82, 2.24) is 15.4 Å². The van der Waals surface area contributed by atoms with Crippen LogP contribution in [-0.4, -0.2) is 15.4 Å². The summed E-state index contributed by atoms with van der Waals surface area (Å²) < 4.78 is 4.75. The van der Waals surface area contributed by atoms with Crippen molar-refractivity contribution in [3.63, 3.8) is 0 Å². The van der Waals surface area contributed by atoms with Crippen molar-refractivity contribution in [3.05, 3.63) is 17.8 Å². The Kier molecular flexibility index (Phi) is 1.31. The fourth-order valence-electron chi connectivity index (χ4n) is 0.921. The molecule has 0 radical (unpaired) electrons. The first-order valence-electron chi connectivity index (χ1n) is 3.47. The van der Waals surface area contributed by atoms with E-state index in [-0.39, 0.29) is 0 Å². The van der Waals surface area contributed by atoms with Gasteiger partial charge in [0.2, 0.25) is 0 Å². The highest BCUT2D eigenvalue weighted by Gasteiger charge is 2.00. The molecular formula is C7H7N3O. The summed E-state index contributed by atoms with van der Waals surface area (Å²) in [5.41, 5.74) is 2.37. The lowest BCUT2D eigenvalue weighted by atomic mass is 10.2. The Labute approximate surface area is 63.2 Å². The van der Waals surface area contributed by atoms with E-state index in [0.717, 1.165) is 17.5 Å². The minimum absolute atomic E-state index is 0.502. The zero-order valence-electron chi connectivity index (χ0n) is 6.11. The standard InChI is InChI=1S/C7H7N3O/c1-2-5-3-6-7(8-4-5)11-10-9-6/h3-4H,2H2,1H3. The Morgan fingerprint density at radius 2 is 2.45 bits per heavy atom. The minimum Gasteiger partial charge on any atom is -0.316 e. The molecule has 0 saturated carbocycles. The summed E-state index contributed by atoms with van der Waals surface area (Å²) in [4.78, 5) is 4.02. The summed E-state index contributed by atoms with van der Waals surface area (Å²) in [7, 11) is 0. The van der Waals surface area contributed by atoms with E-state index in [1.807, 2.05) is 6.07 Å². The molecular weight excluding hydrogens is 142 g/mol. The van der Waals surface area contributed by atoms with Crippen LogP contribution in [0.3, 0.4) is 0 Å². The minimum atomic E-state index is 0.502. The molecule has 56 valence electrons. The lowest BCUT2D eigenvalue weighted by Crippen LogP contribution is -1.82. The predicted octanol–water partition coefficient (Wildman–Crippen LogP) is 1.18. The third kappa shape index (κ3) is 0.960. The first-order chi connectivity index (χ1) is 5.40. The molecule has 4 nitrogen and oxygen atoms in total. The van der Waals surface area contributed by atoms with E-state index in [0.29, 0.717) is 5.71 Å². The summed E-state index contributed by atoms with van der Waals surface area (Å²) >= 11 is 0. The molecule has 0 bridgehead atoms. The third-order valence-electron chi connectivity index (χ3n) is 1.57. The SMILES string of the molecule is CCc1cnc2onnc2c1. The molecule has 0 atom stereocenters. The highest BCUT2D eigenvalue weighted by Crippen LogP contribution is 2.08. The summed E-state index contributed by atoms with van der Waals surface area (Å²) in [5, 5.41) is 7.14. The highest BCUT2D eigenvalue weighted by atomic mass is 16.5. The van der Waals surface area contributed by atoms with Crippen molar-refractivity contribution >= 4 is 11.2 Å². The van der Waals surface area contributed by atoms with E-state index in [1.165, 1.54) is 0 Å². The molecule has 4 heteroatoms. The maximum absolute atomic E-state index is 4.75. The zero-order valence-corrected chi connectivity index (χ0v) is 6.11. The van der Waals surface area contributed by atoms with Crippen LogP contribution in [0.4, 0.5) is 0 Å². The smallest absolute Gasteiger partial charge is 0.278 e. The Bertz CT molecular complexity index is 368. The number of aromatic nitrogens is 3. The van der Waals surface area contributed by atoms with Crippen LogP contribution in [-0.2, 0) is 6.42 Å². The van der Waals surface area contributed by atoms with Crippen LogP contribution in [0, 0.1) is 0 Å². The summed E-state index contributed by atoms with van der Waals surface area (Å²) in [6, 6.07) is 1.93. The van der Waals surface area contributed by atoms with E-state index < -0.39 is 0 Å². The monoisotopic (exact) mass is 149 g/mol. The van der Waals surface area contributed by atoms with Gasteiger partial charge < -0.3 is 4.52 Å². The van der Waals surface area contributed by atoms with Gasteiger partial charge in [-0.1, -0.05) is 6.92 Å². The van der Waals surface area contributed by atoms with Gasteiger partial charge in [0.25, 0.3) is 5.71 Å². The lowest BCUT2D eigenvalue weighted by Gasteiger charge is -1.90. The Hall–Kier alpha value is -1.45. The maximum Gasteiger partial charge on any atom is 0.278 e. The molecule has 0 aromatic carbocycles. The molecule has 0 N–H and O–H groups in total. The van der Waals surface area contributed by atoms with Gasteiger partial charge >= 0.3 is 0 Å². The van der Waals surface area contributed by atoms with Crippen LogP contribution in [0.25, 0.3) is 11.2 Å². The highest BCUT2D eigenvalue weighted by molar-refractivity contribution is 5.66. The zero-order chi connectivity index (χ0) is 7.68. The molecule has 0 unspecified atom stereocenters. The van der Waals surface area contributed by atoms with Crippen LogP contribution < -0.4 is 0 Å². The Morgan fingerprint density at radius 3 is 3.27 bits per heavy atom.